The lowest BCUT2D eigenvalue weighted by molar-refractivity contribution is -0.215. The molecule has 1 fully saturated rings. The molecule has 17 heavy (non-hydrogen) atoms. The highest BCUT2D eigenvalue weighted by Crippen LogP contribution is 2.40. The van der Waals surface area contributed by atoms with E-state index in [9.17, 15) is 13.2 Å². The molecule has 2 N–H and O–H groups in total. The van der Waals surface area contributed by atoms with Crippen LogP contribution >= 0.6 is 0 Å². The maximum absolute atomic E-state index is 12.7. The third kappa shape index (κ3) is 4.14. The molecule has 0 atom stereocenters. The fourth-order valence-electron chi connectivity index (χ4n) is 2.15. The van der Waals surface area contributed by atoms with E-state index >= 15 is 0 Å². The van der Waals surface area contributed by atoms with Gasteiger partial charge in [0.25, 0.3) is 0 Å². The minimum Gasteiger partial charge on any atom is -0.269 e. The topological polar surface area (TPSA) is 29.3 Å². The van der Waals surface area contributed by atoms with Gasteiger partial charge in [-0.25, -0.2) is 5.01 Å². The van der Waals surface area contributed by atoms with Crippen LogP contribution in [0.2, 0.25) is 0 Å². The Labute approximate surface area is 101 Å². The molecule has 0 bridgehead atoms. The van der Waals surface area contributed by atoms with Gasteiger partial charge in [-0.1, -0.05) is 33.1 Å². The van der Waals surface area contributed by atoms with Crippen LogP contribution in [0.15, 0.2) is 0 Å². The van der Waals surface area contributed by atoms with Crippen molar-refractivity contribution in [2.24, 2.45) is 11.3 Å². The van der Waals surface area contributed by atoms with Crippen LogP contribution in [0.4, 0.5) is 13.2 Å². The third-order valence-electron chi connectivity index (χ3n) is 3.81. The first-order chi connectivity index (χ1) is 7.74. The van der Waals surface area contributed by atoms with Crippen LogP contribution in [0.1, 0.15) is 52.4 Å². The maximum atomic E-state index is 12.7. The molecule has 0 aromatic carbocycles. The molecule has 0 radical (unpaired) electrons. The van der Waals surface area contributed by atoms with E-state index in [-0.39, 0.29) is 12.5 Å². The molecule has 2 nitrogen and oxygen atoms in total. The molecule has 0 aromatic heterocycles. The number of rotatable bonds is 4. The van der Waals surface area contributed by atoms with E-state index in [1.807, 2.05) is 0 Å². The first kappa shape index (κ1) is 14.8. The molecular formula is C12H23F3N2. The number of nitrogens with two attached hydrogens (primary N) is 1. The standard InChI is InChI=1S/C12H23F3N2/c1-11(2,12(13,14)15)8-9-17(16)10-6-4-3-5-7-10/h10H,3-9,16H2,1-2H3. The number of hydrogen-bond acceptors (Lipinski definition) is 2. The zero-order valence-corrected chi connectivity index (χ0v) is 10.7. The smallest absolute Gasteiger partial charge is 0.269 e. The normalized spacial score (nSPS) is 19.9. The second-order valence-electron chi connectivity index (χ2n) is 5.66. The highest BCUT2D eigenvalue weighted by atomic mass is 19.4. The summed E-state index contributed by atoms with van der Waals surface area (Å²) < 4.78 is 38.0. The Hall–Kier alpha value is -0.290. The molecule has 1 aliphatic carbocycles. The number of hydrogen-bond donors (Lipinski definition) is 1. The molecule has 1 aliphatic rings. The molecule has 5 heteroatoms. The second-order valence-corrected chi connectivity index (χ2v) is 5.66. The molecule has 102 valence electrons. The summed E-state index contributed by atoms with van der Waals surface area (Å²) in [6.45, 7) is 2.79. The van der Waals surface area contributed by atoms with Crippen LogP contribution in [0.5, 0.6) is 0 Å². The van der Waals surface area contributed by atoms with Gasteiger partial charge in [-0.15, -0.1) is 0 Å². The minimum atomic E-state index is -4.15. The first-order valence-electron chi connectivity index (χ1n) is 6.32. The Morgan fingerprint density at radius 2 is 1.65 bits per heavy atom. The molecule has 0 amide bonds. The molecule has 0 aromatic rings. The van der Waals surface area contributed by atoms with E-state index in [2.05, 4.69) is 0 Å². The van der Waals surface area contributed by atoms with Crippen molar-refractivity contribution in [1.29, 1.82) is 0 Å². The SMILES string of the molecule is CC(C)(CCN(N)C1CCCCC1)C(F)(F)F. The molecule has 0 heterocycles. The number of hydrazine groups is 1. The largest absolute Gasteiger partial charge is 0.394 e. The minimum absolute atomic E-state index is 0.0590. The lowest BCUT2D eigenvalue weighted by atomic mass is 9.88. The van der Waals surface area contributed by atoms with E-state index in [1.54, 1.807) is 5.01 Å². The predicted molar refractivity (Wildman–Crippen MR) is 62.2 cm³/mol. The number of halogens is 3. The Kier molecular flexibility index (Phi) is 4.84. The van der Waals surface area contributed by atoms with Crippen molar-refractivity contribution in [3.63, 3.8) is 0 Å². The zero-order valence-electron chi connectivity index (χ0n) is 10.7. The van der Waals surface area contributed by atoms with Crippen molar-refractivity contribution in [1.82, 2.24) is 5.01 Å². The summed E-state index contributed by atoms with van der Waals surface area (Å²) >= 11 is 0. The first-order valence-corrected chi connectivity index (χ1v) is 6.32. The summed E-state index contributed by atoms with van der Waals surface area (Å²) in [5.74, 6) is 5.86. The van der Waals surface area contributed by atoms with E-state index < -0.39 is 11.6 Å². The summed E-state index contributed by atoms with van der Waals surface area (Å²) in [5, 5.41) is 1.62. The van der Waals surface area contributed by atoms with Gasteiger partial charge < -0.3 is 0 Å². The van der Waals surface area contributed by atoms with E-state index in [4.69, 9.17) is 5.84 Å². The van der Waals surface area contributed by atoms with Crippen LogP contribution in [0, 0.1) is 5.41 Å². The van der Waals surface area contributed by atoms with Gasteiger partial charge >= 0.3 is 6.18 Å². The molecule has 0 unspecified atom stereocenters. The molecule has 1 rings (SSSR count). The van der Waals surface area contributed by atoms with Crippen LogP contribution < -0.4 is 5.84 Å². The third-order valence-corrected chi connectivity index (χ3v) is 3.81. The lowest BCUT2D eigenvalue weighted by Crippen LogP contribution is -2.45. The van der Waals surface area contributed by atoms with Crippen LogP contribution in [-0.2, 0) is 0 Å². The summed E-state index contributed by atoms with van der Waals surface area (Å²) in [6, 6.07) is 0.271. The summed E-state index contributed by atoms with van der Waals surface area (Å²) in [5.41, 5.74) is -1.65. The van der Waals surface area contributed by atoms with E-state index in [1.165, 1.54) is 20.3 Å². The molecule has 0 spiro atoms. The average Bonchev–Trinajstić information content (AvgIpc) is 2.25. The van der Waals surface area contributed by atoms with Crippen molar-refractivity contribution >= 4 is 0 Å². The number of nitrogens with zero attached hydrogens (tertiary/aromatic N) is 1. The average molecular weight is 252 g/mol. The van der Waals surface area contributed by atoms with Gasteiger partial charge in [0.2, 0.25) is 0 Å². The second kappa shape index (κ2) is 5.57. The monoisotopic (exact) mass is 252 g/mol. The van der Waals surface area contributed by atoms with Crippen LogP contribution in [0.3, 0.4) is 0 Å². The van der Waals surface area contributed by atoms with E-state index in [0.717, 1.165) is 25.7 Å². The van der Waals surface area contributed by atoms with Crippen LogP contribution in [-0.4, -0.2) is 23.8 Å². The summed E-state index contributed by atoms with van der Waals surface area (Å²) in [7, 11) is 0. The van der Waals surface area contributed by atoms with Crippen LogP contribution in [0.25, 0.3) is 0 Å². The van der Waals surface area contributed by atoms with Gasteiger partial charge in [-0.3, -0.25) is 5.84 Å². The summed E-state index contributed by atoms with van der Waals surface area (Å²) in [4.78, 5) is 0. The van der Waals surface area contributed by atoms with Gasteiger partial charge in [0.15, 0.2) is 0 Å². The Morgan fingerprint density at radius 1 is 1.12 bits per heavy atom. The lowest BCUT2D eigenvalue weighted by Gasteiger charge is -2.34. The fraction of sp³-hybridized carbons (Fsp3) is 1.00. The Bertz CT molecular complexity index is 232. The molecule has 0 aliphatic heterocycles. The maximum Gasteiger partial charge on any atom is 0.394 e. The van der Waals surface area contributed by atoms with Gasteiger partial charge in [0, 0.05) is 12.6 Å². The van der Waals surface area contributed by atoms with Crippen molar-refractivity contribution in [2.75, 3.05) is 6.54 Å². The van der Waals surface area contributed by atoms with Crippen molar-refractivity contribution in [3.05, 3.63) is 0 Å². The highest BCUT2D eigenvalue weighted by molar-refractivity contribution is 4.80. The van der Waals surface area contributed by atoms with Crippen molar-refractivity contribution in [2.45, 2.75) is 64.6 Å². The Morgan fingerprint density at radius 3 is 2.12 bits per heavy atom. The zero-order chi connectivity index (χ0) is 13.1. The number of alkyl halides is 3. The highest BCUT2D eigenvalue weighted by Gasteiger charge is 2.46. The van der Waals surface area contributed by atoms with Gasteiger partial charge in [0.1, 0.15) is 0 Å². The predicted octanol–water partition coefficient (Wildman–Crippen LogP) is 3.47. The quantitative estimate of drug-likeness (QED) is 0.613. The van der Waals surface area contributed by atoms with Crippen molar-refractivity contribution < 1.29 is 13.2 Å². The van der Waals surface area contributed by atoms with Gasteiger partial charge in [-0.05, 0) is 19.3 Å². The molecular weight excluding hydrogens is 229 g/mol. The van der Waals surface area contributed by atoms with E-state index in [0.29, 0.717) is 6.54 Å². The van der Waals surface area contributed by atoms with Crippen molar-refractivity contribution in [3.8, 4) is 0 Å². The van der Waals surface area contributed by atoms with Gasteiger partial charge in [0.05, 0.1) is 5.41 Å². The Balaban J connectivity index is 2.39. The van der Waals surface area contributed by atoms with Gasteiger partial charge in [-0.2, -0.15) is 13.2 Å². The molecule has 0 saturated heterocycles. The fourth-order valence-corrected chi connectivity index (χ4v) is 2.15. The summed E-state index contributed by atoms with van der Waals surface area (Å²) in [6.07, 6.45) is 1.44. The molecule has 1 saturated carbocycles.